The average molecular weight is 302 g/mol. The summed E-state index contributed by atoms with van der Waals surface area (Å²) in [7, 11) is 0. The summed E-state index contributed by atoms with van der Waals surface area (Å²) in [5, 5.41) is 0. The summed E-state index contributed by atoms with van der Waals surface area (Å²) < 4.78 is 1.92. The molecule has 22 heavy (non-hydrogen) atoms. The second-order valence-electron chi connectivity index (χ2n) is 5.73. The van der Waals surface area contributed by atoms with Crippen LogP contribution in [0.2, 0.25) is 0 Å². The predicted molar refractivity (Wildman–Crippen MR) is 90.4 cm³/mol. The van der Waals surface area contributed by atoms with E-state index in [4.69, 9.17) is 0 Å². The number of hydrogen-bond acceptors (Lipinski definition) is 3. The van der Waals surface area contributed by atoms with Crippen LogP contribution in [0.3, 0.4) is 0 Å². The molecule has 5 heteroatoms. The van der Waals surface area contributed by atoms with E-state index >= 15 is 0 Å². The Bertz CT molecular complexity index is 529. The fraction of sp³-hybridized carbons (Fsp3) is 0.588. The number of carbonyl (C=O) groups excluding carboxylic acids is 1. The van der Waals surface area contributed by atoms with E-state index < -0.39 is 0 Å². The van der Waals surface area contributed by atoms with Crippen LogP contribution in [0.25, 0.3) is 6.08 Å². The molecule has 0 aromatic carbocycles. The summed E-state index contributed by atoms with van der Waals surface area (Å²) in [5.74, 6) is 0.799. The fourth-order valence-corrected chi connectivity index (χ4v) is 3.28. The number of aryl methyl sites for hydroxylation is 1. The van der Waals surface area contributed by atoms with Gasteiger partial charge in [0.25, 0.3) is 0 Å². The molecule has 0 aliphatic heterocycles. The second-order valence-corrected chi connectivity index (χ2v) is 5.73. The van der Waals surface area contributed by atoms with E-state index in [0.29, 0.717) is 24.8 Å². The number of aliphatic imine (C=N–C) groups is 1. The maximum atomic E-state index is 12.6. The van der Waals surface area contributed by atoms with Crippen LogP contribution in [0.4, 0.5) is 5.82 Å². The molecule has 0 bridgehead atoms. The predicted octanol–water partition coefficient (Wildman–Crippen LogP) is 3.43. The lowest BCUT2D eigenvalue weighted by molar-refractivity contribution is -0.134. The molecular formula is C17H26N4O. The third kappa shape index (κ3) is 3.64. The summed E-state index contributed by atoms with van der Waals surface area (Å²) in [6.07, 6.45) is 9.97. The van der Waals surface area contributed by atoms with Gasteiger partial charge in [-0.05, 0) is 32.6 Å². The number of aromatic nitrogens is 2. The monoisotopic (exact) mass is 302 g/mol. The minimum absolute atomic E-state index is 0.228. The number of carbonyl (C=O) groups is 1. The van der Waals surface area contributed by atoms with Crippen LogP contribution in [0.15, 0.2) is 17.9 Å². The first kappa shape index (κ1) is 16.5. The van der Waals surface area contributed by atoms with Crippen molar-refractivity contribution in [2.24, 2.45) is 4.99 Å². The smallest absolute Gasteiger partial charge is 0.224 e. The molecule has 1 amide bonds. The number of rotatable bonds is 7. The zero-order valence-corrected chi connectivity index (χ0v) is 13.5. The molecule has 1 aliphatic rings. The van der Waals surface area contributed by atoms with Gasteiger partial charge < -0.3 is 9.47 Å². The van der Waals surface area contributed by atoms with Crippen molar-refractivity contribution in [3.63, 3.8) is 0 Å². The Hall–Kier alpha value is -1.91. The second kappa shape index (κ2) is 7.92. The largest absolute Gasteiger partial charge is 0.340 e. The maximum absolute atomic E-state index is 12.6. The number of nitrogens with zero attached hydrogens (tertiary/aromatic N) is 4. The molecule has 1 saturated carbocycles. The highest BCUT2D eigenvalue weighted by Gasteiger charge is 2.23. The summed E-state index contributed by atoms with van der Waals surface area (Å²) in [4.78, 5) is 22.6. The van der Waals surface area contributed by atoms with Crippen molar-refractivity contribution >= 4 is 24.5 Å². The highest BCUT2D eigenvalue weighted by atomic mass is 16.2. The van der Waals surface area contributed by atoms with Gasteiger partial charge in [-0.25, -0.2) is 9.98 Å². The van der Waals surface area contributed by atoms with E-state index in [0.717, 1.165) is 25.1 Å². The molecule has 0 saturated heterocycles. The minimum atomic E-state index is 0.228. The molecule has 1 aromatic rings. The van der Waals surface area contributed by atoms with Gasteiger partial charge in [-0.3, -0.25) is 4.79 Å². The van der Waals surface area contributed by atoms with Crippen LogP contribution in [0, 0.1) is 0 Å². The van der Waals surface area contributed by atoms with Gasteiger partial charge in [-0.1, -0.05) is 25.8 Å². The lowest BCUT2D eigenvalue weighted by Crippen LogP contribution is -2.41. The quantitative estimate of drug-likeness (QED) is 0.725. The van der Waals surface area contributed by atoms with Crippen molar-refractivity contribution in [1.29, 1.82) is 0 Å². The Morgan fingerprint density at radius 2 is 2.23 bits per heavy atom. The summed E-state index contributed by atoms with van der Waals surface area (Å²) in [6, 6.07) is 0.429. The first-order chi connectivity index (χ1) is 10.7. The molecule has 1 aliphatic carbocycles. The highest BCUT2D eigenvalue weighted by Crippen LogP contribution is 2.23. The SMILES string of the molecule is C=Cc1c(N=C)ncn1CCC(=O)N(CC)C1CCCCC1. The summed E-state index contributed by atoms with van der Waals surface area (Å²) in [6.45, 7) is 10.7. The van der Waals surface area contributed by atoms with Gasteiger partial charge in [0, 0.05) is 25.6 Å². The molecule has 5 nitrogen and oxygen atoms in total. The Labute approximate surface area is 132 Å². The van der Waals surface area contributed by atoms with Crippen molar-refractivity contribution in [1.82, 2.24) is 14.5 Å². The maximum Gasteiger partial charge on any atom is 0.224 e. The van der Waals surface area contributed by atoms with Gasteiger partial charge in [0.15, 0.2) is 5.82 Å². The number of imidazole rings is 1. The Morgan fingerprint density at radius 1 is 1.50 bits per heavy atom. The molecule has 1 heterocycles. The van der Waals surface area contributed by atoms with E-state index in [1.54, 1.807) is 12.4 Å². The normalized spacial score (nSPS) is 15.5. The minimum Gasteiger partial charge on any atom is -0.340 e. The molecule has 2 rings (SSSR count). The number of hydrogen-bond donors (Lipinski definition) is 0. The van der Waals surface area contributed by atoms with Crippen LogP contribution >= 0.6 is 0 Å². The van der Waals surface area contributed by atoms with Crippen LogP contribution in [-0.2, 0) is 11.3 Å². The molecule has 0 atom stereocenters. The molecule has 0 spiro atoms. The molecule has 120 valence electrons. The zero-order chi connectivity index (χ0) is 15.9. The first-order valence-electron chi connectivity index (χ1n) is 8.15. The van der Waals surface area contributed by atoms with Crippen molar-refractivity contribution < 1.29 is 4.79 Å². The van der Waals surface area contributed by atoms with E-state index in [9.17, 15) is 4.79 Å². The van der Waals surface area contributed by atoms with Gasteiger partial charge >= 0.3 is 0 Å². The lowest BCUT2D eigenvalue weighted by atomic mass is 9.94. The van der Waals surface area contributed by atoms with Crippen LogP contribution in [-0.4, -0.2) is 39.7 Å². The molecule has 0 radical (unpaired) electrons. The topological polar surface area (TPSA) is 50.5 Å². The van der Waals surface area contributed by atoms with Crippen molar-refractivity contribution in [2.75, 3.05) is 6.54 Å². The first-order valence-corrected chi connectivity index (χ1v) is 8.15. The average Bonchev–Trinajstić information content (AvgIpc) is 2.96. The molecule has 0 unspecified atom stereocenters. The van der Waals surface area contributed by atoms with E-state index in [-0.39, 0.29) is 5.91 Å². The van der Waals surface area contributed by atoms with Crippen LogP contribution in [0.5, 0.6) is 0 Å². The highest BCUT2D eigenvalue weighted by molar-refractivity contribution is 5.76. The van der Waals surface area contributed by atoms with E-state index in [2.05, 4.69) is 35.1 Å². The standard InChI is InChI=1S/C17H26N4O/c1-4-15-17(18-3)19-13-20(15)12-11-16(22)21(5-2)14-9-7-6-8-10-14/h4,13-14H,1,3,5-12H2,2H3. The van der Waals surface area contributed by atoms with Crippen molar-refractivity contribution in [2.45, 2.75) is 58.0 Å². The third-order valence-electron chi connectivity index (χ3n) is 4.44. The lowest BCUT2D eigenvalue weighted by Gasteiger charge is -2.33. The van der Waals surface area contributed by atoms with E-state index in [1.807, 2.05) is 4.57 Å². The Morgan fingerprint density at radius 3 is 2.82 bits per heavy atom. The summed E-state index contributed by atoms with van der Waals surface area (Å²) >= 11 is 0. The molecular weight excluding hydrogens is 276 g/mol. The van der Waals surface area contributed by atoms with Crippen molar-refractivity contribution in [3.8, 4) is 0 Å². The number of amides is 1. The molecule has 1 fully saturated rings. The zero-order valence-electron chi connectivity index (χ0n) is 13.5. The Balaban J connectivity index is 1.97. The van der Waals surface area contributed by atoms with Gasteiger partial charge in [0.2, 0.25) is 5.91 Å². The summed E-state index contributed by atoms with van der Waals surface area (Å²) in [5.41, 5.74) is 0.823. The van der Waals surface area contributed by atoms with Gasteiger partial charge in [0.1, 0.15) is 0 Å². The van der Waals surface area contributed by atoms with Crippen LogP contribution < -0.4 is 0 Å². The van der Waals surface area contributed by atoms with E-state index in [1.165, 1.54) is 19.3 Å². The fourth-order valence-electron chi connectivity index (χ4n) is 3.28. The van der Waals surface area contributed by atoms with Gasteiger partial charge in [-0.15, -0.1) is 0 Å². The van der Waals surface area contributed by atoms with Gasteiger partial charge in [0.05, 0.1) is 12.0 Å². The Kier molecular flexibility index (Phi) is 5.92. The molecule has 1 aromatic heterocycles. The van der Waals surface area contributed by atoms with Crippen molar-refractivity contribution in [3.05, 3.63) is 18.6 Å². The van der Waals surface area contributed by atoms with Crippen LogP contribution in [0.1, 0.15) is 51.1 Å². The third-order valence-corrected chi connectivity index (χ3v) is 4.44. The molecule has 0 N–H and O–H groups in total. The van der Waals surface area contributed by atoms with Gasteiger partial charge in [-0.2, -0.15) is 0 Å².